The van der Waals surface area contributed by atoms with Gasteiger partial charge in [0.2, 0.25) is 0 Å². The van der Waals surface area contributed by atoms with Crippen molar-refractivity contribution in [3.8, 4) is 0 Å². The van der Waals surface area contributed by atoms with Crippen LogP contribution < -0.4 is 5.73 Å². The van der Waals surface area contributed by atoms with Gasteiger partial charge in [0.05, 0.1) is 5.02 Å². The summed E-state index contributed by atoms with van der Waals surface area (Å²) in [6.45, 7) is 4.35. The number of carbonyl (C=O) groups excluding carboxylic acids is 1. The molecular formula is C13H18ClNO. The maximum Gasteiger partial charge on any atom is 0.171 e. The Kier molecular flexibility index (Phi) is 4.51. The lowest BCUT2D eigenvalue weighted by Gasteiger charge is -2.28. The molecule has 2 nitrogen and oxygen atoms in total. The van der Waals surface area contributed by atoms with Crippen LogP contribution in [0.4, 0.5) is 0 Å². The Morgan fingerprint density at radius 3 is 2.31 bits per heavy atom. The molecule has 0 saturated carbocycles. The van der Waals surface area contributed by atoms with Crippen molar-refractivity contribution in [2.75, 3.05) is 6.54 Å². The largest absolute Gasteiger partial charge is 0.329 e. The summed E-state index contributed by atoms with van der Waals surface area (Å²) in [6.07, 6.45) is 1.48. The smallest absolute Gasteiger partial charge is 0.171 e. The summed E-state index contributed by atoms with van der Waals surface area (Å²) in [5.74, 6) is 0.0607. The van der Waals surface area contributed by atoms with Crippen LogP contribution in [0.15, 0.2) is 24.3 Å². The predicted octanol–water partition coefficient (Wildman–Crippen LogP) is 3.29. The van der Waals surface area contributed by atoms with Crippen LogP contribution in [0.25, 0.3) is 0 Å². The molecule has 0 aliphatic rings. The minimum absolute atomic E-state index is 0.0607. The van der Waals surface area contributed by atoms with Crippen molar-refractivity contribution in [1.82, 2.24) is 0 Å². The molecule has 16 heavy (non-hydrogen) atoms. The third kappa shape index (κ3) is 2.28. The van der Waals surface area contributed by atoms with Crippen LogP contribution in [0.5, 0.6) is 0 Å². The molecule has 0 aliphatic carbocycles. The first kappa shape index (κ1) is 13.2. The molecule has 0 fully saturated rings. The molecule has 0 spiro atoms. The van der Waals surface area contributed by atoms with Crippen LogP contribution in [0, 0.1) is 5.41 Å². The van der Waals surface area contributed by atoms with Crippen molar-refractivity contribution in [3.05, 3.63) is 34.9 Å². The molecule has 1 aromatic carbocycles. The van der Waals surface area contributed by atoms with E-state index in [1.54, 1.807) is 12.1 Å². The molecule has 0 heterocycles. The quantitative estimate of drug-likeness (QED) is 0.802. The Bertz CT molecular complexity index is 364. The second-order valence-corrected chi connectivity index (χ2v) is 4.41. The van der Waals surface area contributed by atoms with Crippen LogP contribution in [0.2, 0.25) is 5.02 Å². The summed E-state index contributed by atoms with van der Waals surface area (Å²) in [6, 6.07) is 7.15. The van der Waals surface area contributed by atoms with Gasteiger partial charge in [-0.3, -0.25) is 4.79 Å². The van der Waals surface area contributed by atoms with E-state index in [4.69, 9.17) is 17.3 Å². The number of carbonyl (C=O) groups is 1. The lowest BCUT2D eigenvalue weighted by atomic mass is 9.76. The number of benzene rings is 1. The topological polar surface area (TPSA) is 43.1 Å². The van der Waals surface area contributed by atoms with E-state index < -0.39 is 5.41 Å². The summed E-state index contributed by atoms with van der Waals surface area (Å²) in [5, 5.41) is 0.507. The Morgan fingerprint density at radius 2 is 1.88 bits per heavy atom. The molecule has 0 atom stereocenters. The van der Waals surface area contributed by atoms with Crippen LogP contribution in [-0.2, 0) is 0 Å². The zero-order chi connectivity index (χ0) is 12.2. The summed E-state index contributed by atoms with van der Waals surface area (Å²) < 4.78 is 0. The van der Waals surface area contributed by atoms with Crippen molar-refractivity contribution >= 4 is 17.4 Å². The molecule has 0 aromatic heterocycles. The summed E-state index contributed by atoms with van der Waals surface area (Å²) in [4.78, 5) is 12.4. The van der Waals surface area contributed by atoms with Crippen molar-refractivity contribution < 1.29 is 4.79 Å². The lowest BCUT2D eigenvalue weighted by molar-refractivity contribution is 0.0787. The van der Waals surface area contributed by atoms with Gasteiger partial charge in [0.1, 0.15) is 0 Å². The molecule has 0 aliphatic heterocycles. The number of rotatable bonds is 5. The summed E-state index contributed by atoms with van der Waals surface area (Å²) in [7, 11) is 0. The SMILES string of the molecule is CCC(CC)(CN)C(=O)c1ccccc1Cl. The minimum atomic E-state index is -0.467. The highest BCUT2D eigenvalue weighted by molar-refractivity contribution is 6.34. The third-order valence-electron chi connectivity index (χ3n) is 3.34. The molecule has 0 bridgehead atoms. The fourth-order valence-electron chi connectivity index (χ4n) is 1.88. The second kappa shape index (κ2) is 5.46. The molecule has 0 unspecified atom stereocenters. The van der Waals surface area contributed by atoms with E-state index in [0.717, 1.165) is 12.8 Å². The van der Waals surface area contributed by atoms with E-state index in [1.165, 1.54) is 0 Å². The van der Waals surface area contributed by atoms with Crippen molar-refractivity contribution in [1.29, 1.82) is 0 Å². The van der Waals surface area contributed by atoms with Crippen LogP contribution >= 0.6 is 11.6 Å². The lowest BCUT2D eigenvalue weighted by Crippen LogP contribution is -2.37. The average molecular weight is 240 g/mol. The monoisotopic (exact) mass is 239 g/mol. The number of ketones is 1. The fourth-order valence-corrected chi connectivity index (χ4v) is 2.11. The Labute approximate surface area is 102 Å². The molecular weight excluding hydrogens is 222 g/mol. The average Bonchev–Trinajstić information content (AvgIpc) is 2.32. The van der Waals surface area contributed by atoms with Gasteiger partial charge >= 0.3 is 0 Å². The Morgan fingerprint density at radius 1 is 1.31 bits per heavy atom. The molecule has 1 rings (SSSR count). The first-order chi connectivity index (χ1) is 7.61. The van der Waals surface area contributed by atoms with Crippen molar-refractivity contribution in [2.45, 2.75) is 26.7 Å². The predicted molar refractivity (Wildman–Crippen MR) is 67.9 cm³/mol. The molecule has 0 amide bonds. The maximum absolute atomic E-state index is 12.4. The second-order valence-electron chi connectivity index (χ2n) is 4.00. The number of hydrogen-bond donors (Lipinski definition) is 1. The molecule has 2 N–H and O–H groups in total. The van der Waals surface area contributed by atoms with Gasteiger partial charge in [-0.1, -0.05) is 37.6 Å². The Balaban J connectivity index is 3.14. The minimum Gasteiger partial charge on any atom is -0.329 e. The van der Waals surface area contributed by atoms with Crippen LogP contribution in [0.1, 0.15) is 37.0 Å². The first-order valence-electron chi connectivity index (χ1n) is 5.60. The van der Waals surface area contributed by atoms with Gasteiger partial charge < -0.3 is 5.73 Å². The van der Waals surface area contributed by atoms with E-state index in [0.29, 0.717) is 17.1 Å². The summed E-state index contributed by atoms with van der Waals surface area (Å²) in [5.41, 5.74) is 5.87. The molecule has 0 saturated heterocycles. The zero-order valence-electron chi connectivity index (χ0n) is 9.79. The maximum atomic E-state index is 12.4. The normalized spacial score (nSPS) is 11.5. The highest BCUT2D eigenvalue weighted by atomic mass is 35.5. The van der Waals surface area contributed by atoms with Gasteiger partial charge in [0, 0.05) is 17.5 Å². The number of Topliss-reactive ketones (excluding diaryl/α,β-unsaturated/α-hetero) is 1. The van der Waals surface area contributed by atoms with Gasteiger partial charge in [-0.25, -0.2) is 0 Å². The number of halogens is 1. The van der Waals surface area contributed by atoms with Gasteiger partial charge in [-0.15, -0.1) is 0 Å². The molecule has 0 radical (unpaired) electrons. The van der Waals surface area contributed by atoms with E-state index in [1.807, 2.05) is 26.0 Å². The fraction of sp³-hybridized carbons (Fsp3) is 0.462. The summed E-state index contributed by atoms with van der Waals surface area (Å²) >= 11 is 6.03. The third-order valence-corrected chi connectivity index (χ3v) is 3.67. The van der Waals surface area contributed by atoms with Gasteiger partial charge in [-0.05, 0) is 25.0 Å². The van der Waals surface area contributed by atoms with E-state index in [9.17, 15) is 4.79 Å². The molecule has 88 valence electrons. The number of nitrogens with two attached hydrogens (primary N) is 1. The van der Waals surface area contributed by atoms with E-state index in [2.05, 4.69) is 0 Å². The van der Waals surface area contributed by atoms with Gasteiger partial charge in [-0.2, -0.15) is 0 Å². The van der Waals surface area contributed by atoms with Crippen molar-refractivity contribution in [2.24, 2.45) is 11.1 Å². The van der Waals surface area contributed by atoms with Gasteiger partial charge in [0.15, 0.2) is 5.78 Å². The highest BCUT2D eigenvalue weighted by Crippen LogP contribution is 2.32. The van der Waals surface area contributed by atoms with Crippen LogP contribution in [-0.4, -0.2) is 12.3 Å². The standard InChI is InChI=1S/C13H18ClNO/c1-3-13(4-2,9-15)12(16)10-7-5-6-8-11(10)14/h5-8H,3-4,9,15H2,1-2H3. The van der Waals surface area contributed by atoms with E-state index in [-0.39, 0.29) is 5.78 Å². The number of hydrogen-bond acceptors (Lipinski definition) is 2. The first-order valence-corrected chi connectivity index (χ1v) is 5.98. The Hall–Kier alpha value is -0.860. The highest BCUT2D eigenvalue weighted by Gasteiger charge is 2.34. The molecule has 3 heteroatoms. The van der Waals surface area contributed by atoms with Crippen molar-refractivity contribution in [3.63, 3.8) is 0 Å². The van der Waals surface area contributed by atoms with Crippen LogP contribution in [0.3, 0.4) is 0 Å². The molecule has 1 aromatic rings. The zero-order valence-corrected chi connectivity index (χ0v) is 10.6. The van der Waals surface area contributed by atoms with Gasteiger partial charge in [0.25, 0.3) is 0 Å². The van der Waals surface area contributed by atoms with E-state index >= 15 is 0 Å².